The number of nitrogens with one attached hydrogen (secondary N) is 2. The van der Waals surface area contributed by atoms with E-state index in [-0.39, 0.29) is 21.7 Å². The molecule has 0 saturated carbocycles. The molecule has 0 aromatic carbocycles. The Bertz CT molecular complexity index is 642. The number of nitrogens with two attached hydrogens (primary N) is 2. The number of fused-ring (bicyclic) bond motifs is 1. The Balaban J connectivity index is 3.16. The van der Waals surface area contributed by atoms with E-state index < -0.39 is 0 Å². The molecule has 2 aromatic rings. The van der Waals surface area contributed by atoms with Gasteiger partial charge >= 0.3 is 0 Å². The van der Waals surface area contributed by atoms with Crippen LogP contribution in [0.25, 0.3) is 11.0 Å². The molecule has 0 aliphatic heterocycles. The summed E-state index contributed by atoms with van der Waals surface area (Å²) in [5, 5.41) is 0.470. The molecule has 0 unspecified atom stereocenters. The highest BCUT2D eigenvalue weighted by Crippen LogP contribution is 2.29. The van der Waals surface area contributed by atoms with Gasteiger partial charge in [-0.2, -0.15) is 0 Å². The third kappa shape index (κ3) is 1.58. The summed E-state index contributed by atoms with van der Waals surface area (Å²) >= 11 is 22.0. The summed E-state index contributed by atoms with van der Waals surface area (Å²) < 4.78 is 0.735. The molecule has 0 spiro atoms. The maximum Gasteiger partial charge on any atom is 0.131 e. The van der Waals surface area contributed by atoms with Gasteiger partial charge < -0.3 is 21.4 Å². The van der Waals surface area contributed by atoms with Crippen molar-refractivity contribution >= 4 is 70.0 Å². The van der Waals surface area contributed by atoms with Crippen LogP contribution in [0, 0.1) is 9.02 Å². The number of H-pyrrole nitrogens is 2. The number of aromatic amines is 2. The smallest absolute Gasteiger partial charge is 0.131 e. The fourth-order valence-corrected chi connectivity index (χ4v) is 2.29. The maximum atomic E-state index is 5.88. The van der Waals surface area contributed by atoms with E-state index in [0.29, 0.717) is 20.1 Å². The Morgan fingerprint density at radius 2 is 1.12 bits per heavy atom. The van der Waals surface area contributed by atoms with E-state index in [1.807, 2.05) is 0 Å². The van der Waals surface area contributed by atoms with Crippen molar-refractivity contribution in [3.05, 3.63) is 19.3 Å². The van der Waals surface area contributed by atoms with E-state index in [0.717, 1.165) is 0 Å². The quantitative estimate of drug-likeness (QED) is 0.443. The van der Waals surface area contributed by atoms with Crippen LogP contribution in [-0.2, 0) is 0 Å². The number of hydrogen-bond acceptors (Lipinski definition) is 4. The topological polar surface area (TPSA) is 83.6 Å². The van der Waals surface area contributed by atoms with E-state index in [9.17, 15) is 0 Å². The van der Waals surface area contributed by atoms with Gasteiger partial charge in [0.2, 0.25) is 0 Å². The first-order valence-electron chi connectivity index (χ1n) is 4.11. The van der Waals surface area contributed by atoms with Crippen LogP contribution < -0.4 is 11.5 Å². The first-order chi connectivity index (χ1) is 7.43. The van der Waals surface area contributed by atoms with Crippen LogP contribution in [-0.4, -0.2) is 9.97 Å². The molecule has 0 radical (unpaired) electrons. The third-order valence-corrected chi connectivity index (χ3v) is 3.58. The van der Waals surface area contributed by atoms with Crippen LogP contribution in [0.3, 0.4) is 0 Å². The van der Waals surface area contributed by atoms with Crippen molar-refractivity contribution in [2.45, 2.75) is 0 Å². The average molecular weight is 293 g/mol. The van der Waals surface area contributed by atoms with Crippen LogP contribution in [0.4, 0.5) is 11.4 Å². The average Bonchev–Trinajstić information content (AvgIpc) is 2.25. The summed E-state index contributed by atoms with van der Waals surface area (Å²) in [6.45, 7) is 0. The van der Waals surface area contributed by atoms with Crippen LogP contribution >= 0.6 is 47.6 Å². The fraction of sp³-hybridized carbons (Fsp3) is 0. The normalized spacial score (nSPS) is 10.9. The van der Waals surface area contributed by atoms with E-state index in [4.69, 9.17) is 59.1 Å². The molecule has 16 heavy (non-hydrogen) atoms. The highest BCUT2D eigenvalue weighted by atomic mass is 35.5. The molecular weight excluding hydrogens is 287 g/mol. The van der Waals surface area contributed by atoms with Gasteiger partial charge in [0.05, 0.1) is 31.4 Å². The largest absolute Gasteiger partial charge is 0.395 e. The van der Waals surface area contributed by atoms with Gasteiger partial charge in [-0.25, -0.2) is 0 Å². The zero-order valence-electron chi connectivity index (χ0n) is 7.73. The van der Waals surface area contributed by atoms with Gasteiger partial charge in [0.25, 0.3) is 0 Å². The van der Waals surface area contributed by atoms with Gasteiger partial charge in [-0.1, -0.05) is 47.6 Å². The van der Waals surface area contributed by atoms with Crippen LogP contribution in [0.2, 0.25) is 10.3 Å². The monoisotopic (exact) mass is 292 g/mol. The number of rotatable bonds is 0. The SMILES string of the molecule is Nc1c(Cl)[nH]c2c(=S)c(N)c(Cl)[nH]c2c1=S. The summed E-state index contributed by atoms with van der Waals surface area (Å²) in [6.07, 6.45) is 0. The van der Waals surface area contributed by atoms with E-state index in [1.54, 1.807) is 0 Å². The van der Waals surface area contributed by atoms with E-state index in [1.165, 1.54) is 0 Å². The number of pyridine rings is 2. The fourth-order valence-electron chi connectivity index (χ4n) is 1.29. The standard InChI is InChI=1S/C8H6Cl2N4S2/c9-7-1(11)5(15)3-4(13-7)6(16)2(12)8(10)14-3/h11-12H2,(H,13,15)(H,14,16). The van der Waals surface area contributed by atoms with Crippen molar-refractivity contribution in [1.29, 1.82) is 0 Å². The summed E-state index contributed by atoms with van der Waals surface area (Å²) in [4.78, 5) is 5.67. The Morgan fingerprint density at radius 3 is 1.44 bits per heavy atom. The van der Waals surface area contributed by atoms with Gasteiger partial charge in [-0.05, 0) is 0 Å². The second kappa shape index (κ2) is 3.89. The van der Waals surface area contributed by atoms with Crippen molar-refractivity contribution in [2.75, 3.05) is 11.5 Å². The predicted molar refractivity (Wildman–Crippen MR) is 73.2 cm³/mol. The van der Waals surface area contributed by atoms with Crippen LogP contribution in [0.15, 0.2) is 0 Å². The lowest BCUT2D eigenvalue weighted by Crippen LogP contribution is -1.98. The lowest BCUT2D eigenvalue weighted by molar-refractivity contribution is 1.33. The van der Waals surface area contributed by atoms with Crippen molar-refractivity contribution in [3.8, 4) is 0 Å². The highest BCUT2D eigenvalue weighted by molar-refractivity contribution is 7.72. The molecule has 4 nitrogen and oxygen atoms in total. The number of anilines is 2. The molecule has 2 aromatic heterocycles. The Kier molecular flexibility index (Phi) is 2.83. The van der Waals surface area contributed by atoms with E-state index >= 15 is 0 Å². The number of hydrogen-bond donors (Lipinski definition) is 4. The molecule has 0 aliphatic carbocycles. The molecule has 84 valence electrons. The molecule has 0 fully saturated rings. The maximum absolute atomic E-state index is 5.88. The molecular formula is C8H6Cl2N4S2. The minimum Gasteiger partial charge on any atom is -0.395 e. The first-order valence-corrected chi connectivity index (χ1v) is 5.69. The first kappa shape index (κ1) is 11.7. The second-order valence-electron chi connectivity index (χ2n) is 3.11. The molecule has 2 heterocycles. The number of aromatic nitrogens is 2. The van der Waals surface area contributed by atoms with Crippen molar-refractivity contribution < 1.29 is 0 Å². The lowest BCUT2D eigenvalue weighted by Gasteiger charge is -2.07. The van der Waals surface area contributed by atoms with Crippen molar-refractivity contribution in [2.24, 2.45) is 0 Å². The zero-order chi connectivity index (χ0) is 12.0. The number of nitrogen functional groups attached to an aromatic ring is 2. The van der Waals surface area contributed by atoms with Crippen LogP contribution in [0.1, 0.15) is 0 Å². The molecule has 0 amide bonds. The molecule has 6 N–H and O–H groups in total. The summed E-state index contributed by atoms with van der Waals surface area (Å²) in [6, 6.07) is 0. The Labute approximate surface area is 111 Å². The minimum atomic E-state index is 0.235. The van der Waals surface area contributed by atoms with Gasteiger partial charge in [0.1, 0.15) is 10.3 Å². The van der Waals surface area contributed by atoms with Gasteiger partial charge in [0, 0.05) is 0 Å². The third-order valence-electron chi connectivity index (χ3n) is 2.14. The Morgan fingerprint density at radius 1 is 0.812 bits per heavy atom. The van der Waals surface area contributed by atoms with Gasteiger partial charge in [0.15, 0.2) is 0 Å². The predicted octanol–water partition coefficient (Wildman–Crippen LogP) is 3.43. The second-order valence-corrected chi connectivity index (χ2v) is 4.69. The summed E-state index contributed by atoms with van der Waals surface area (Å²) in [5.41, 5.74) is 13.0. The molecule has 0 atom stereocenters. The van der Waals surface area contributed by atoms with Crippen LogP contribution in [0.5, 0.6) is 0 Å². The summed E-state index contributed by atoms with van der Waals surface area (Å²) in [7, 11) is 0. The van der Waals surface area contributed by atoms with Crippen molar-refractivity contribution in [3.63, 3.8) is 0 Å². The molecule has 2 rings (SSSR count). The lowest BCUT2D eigenvalue weighted by atomic mass is 10.3. The van der Waals surface area contributed by atoms with Crippen molar-refractivity contribution in [1.82, 2.24) is 9.97 Å². The minimum absolute atomic E-state index is 0.235. The van der Waals surface area contributed by atoms with Gasteiger partial charge in [-0.3, -0.25) is 0 Å². The van der Waals surface area contributed by atoms with E-state index in [2.05, 4.69) is 9.97 Å². The van der Waals surface area contributed by atoms with Gasteiger partial charge in [-0.15, -0.1) is 0 Å². The number of halogens is 2. The zero-order valence-corrected chi connectivity index (χ0v) is 10.9. The molecule has 8 heteroatoms. The Hall–Kier alpha value is -0.820. The highest BCUT2D eigenvalue weighted by Gasteiger charge is 2.10. The summed E-state index contributed by atoms with van der Waals surface area (Å²) in [5.74, 6) is 0. The molecule has 0 saturated heterocycles. The molecule has 0 bridgehead atoms. The molecule has 0 aliphatic rings.